The molecule has 1 aromatic carbocycles. The first-order valence-electron chi connectivity index (χ1n) is 5.63. The van der Waals surface area contributed by atoms with E-state index in [9.17, 15) is 4.79 Å². The number of carbonyl (C=O) groups excluding carboxylic acids is 1. The zero-order valence-corrected chi connectivity index (χ0v) is 9.84. The molecule has 88 valence electrons. The maximum Gasteiger partial charge on any atom is 0.170 e. The molecule has 0 aliphatic heterocycles. The summed E-state index contributed by atoms with van der Waals surface area (Å²) in [5, 5.41) is 1.14. The fourth-order valence-corrected chi connectivity index (χ4v) is 1.93. The molecule has 0 aliphatic rings. The van der Waals surface area contributed by atoms with Crippen molar-refractivity contribution in [2.45, 2.75) is 6.92 Å². The molecule has 0 fully saturated rings. The van der Waals surface area contributed by atoms with Crippen molar-refractivity contribution >= 4 is 17.2 Å². The second-order valence-corrected chi connectivity index (χ2v) is 4.22. The molecule has 4 nitrogen and oxygen atoms in total. The highest BCUT2D eigenvalue weighted by molar-refractivity contribution is 5.85. The van der Waals surface area contributed by atoms with Crippen molar-refractivity contribution in [3.63, 3.8) is 0 Å². The molecular formula is C14H11N3O. The number of aromatic nitrogens is 3. The van der Waals surface area contributed by atoms with Crippen LogP contribution in [0, 0.1) is 6.92 Å². The normalized spacial score (nSPS) is 10.7. The molecule has 0 spiro atoms. The Hall–Kier alpha value is -2.49. The van der Waals surface area contributed by atoms with E-state index in [4.69, 9.17) is 0 Å². The molecule has 0 aliphatic carbocycles. The topological polar surface area (TPSA) is 58.6 Å². The third-order valence-electron chi connectivity index (χ3n) is 2.84. The van der Waals surface area contributed by atoms with Gasteiger partial charge in [-0.2, -0.15) is 0 Å². The molecule has 2 aromatic heterocycles. The number of rotatable bonds is 2. The van der Waals surface area contributed by atoms with Crippen LogP contribution in [-0.4, -0.2) is 21.2 Å². The molecule has 0 radical (unpaired) electrons. The molecule has 1 N–H and O–H groups in total. The van der Waals surface area contributed by atoms with Crippen LogP contribution in [0.15, 0.2) is 36.7 Å². The lowest BCUT2D eigenvalue weighted by Gasteiger charge is -1.95. The average molecular weight is 237 g/mol. The summed E-state index contributed by atoms with van der Waals surface area (Å²) in [6.07, 6.45) is 3.76. The fourth-order valence-electron chi connectivity index (χ4n) is 1.93. The minimum atomic E-state index is 0.339. The van der Waals surface area contributed by atoms with E-state index in [1.54, 1.807) is 6.20 Å². The number of benzene rings is 1. The van der Waals surface area contributed by atoms with Crippen LogP contribution in [0.5, 0.6) is 0 Å². The molecule has 4 heteroatoms. The third kappa shape index (κ3) is 1.78. The monoisotopic (exact) mass is 237 g/mol. The van der Waals surface area contributed by atoms with Crippen molar-refractivity contribution in [1.29, 1.82) is 0 Å². The van der Waals surface area contributed by atoms with Gasteiger partial charge in [-0.3, -0.25) is 9.78 Å². The predicted molar refractivity (Wildman–Crippen MR) is 69.4 cm³/mol. The van der Waals surface area contributed by atoms with Gasteiger partial charge in [0.1, 0.15) is 11.4 Å². The van der Waals surface area contributed by atoms with E-state index >= 15 is 0 Å². The number of aldehydes is 1. The second-order valence-electron chi connectivity index (χ2n) is 4.22. The van der Waals surface area contributed by atoms with Gasteiger partial charge >= 0.3 is 0 Å². The first-order chi connectivity index (χ1) is 8.76. The van der Waals surface area contributed by atoms with Crippen LogP contribution in [0.4, 0.5) is 0 Å². The highest BCUT2D eigenvalue weighted by Crippen LogP contribution is 2.22. The average Bonchev–Trinajstić information content (AvgIpc) is 2.81. The van der Waals surface area contributed by atoms with Crippen LogP contribution < -0.4 is 0 Å². The highest BCUT2D eigenvalue weighted by Gasteiger charge is 2.05. The Labute approximate surface area is 104 Å². The van der Waals surface area contributed by atoms with Crippen molar-refractivity contribution in [2.75, 3.05) is 0 Å². The minimum Gasteiger partial charge on any atom is -0.353 e. The summed E-state index contributed by atoms with van der Waals surface area (Å²) in [6.45, 7) is 2.06. The van der Waals surface area contributed by atoms with Crippen LogP contribution in [0.3, 0.4) is 0 Å². The van der Waals surface area contributed by atoms with Gasteiger partial charge in [-0.25, -0.2) is 4.98 Å². The molecule has 0 saturated heterocycles. The number of carbonyl (C=O) groups is 1. The van der Waals surface area contributed by atoms with E-state index in [1.165, 1.54) is 11.8 Å². The zero-order chi connectivity index (χ0) is 12.5. The second kappa shape index (κ2) is 4.07. The molecular weight excluding hydrogens is 226 g/mol. The number of aromatic amines is 1. The lowest BCUT2D eigenvalue weighted by molar-refractivity contribution is 0.111. The summed E-state index contributed by atoms with van der Waals surface area (Å²) in [6, 6.07) is 8.25. The first-order valence-corrected chi connectivity index (χ1v) is 5.63. The van der Waals surface area contributed by atoms with Gasteiger partial charge in [0, 0.05) is 10.9 Å². The third-order valence-corrected chi connectivity index (χ3v) is 2.84. The summed E-state index contributed by atoms with van der Waals surface area (Å²) >= 11 is 0. The summed E-state index contributed by atoms with van der Waals surface area (Å²) in [7, 11) is 0. The van der Waals surface area contributed by atoms with Gasteiger partial charge in [-0.05, 0) is 25.1 Å². The zero-order valence-electron chi connectivity index (χ0n) is 9.84. The molecule has 2 heterocycles. The van der Waals surface area contributed by atoms with Crippen LogP contribution in [0.25, 0.3) is 22.3 Å². The quantitative estimate of drug-likeness (QED) is 0.697. The highest BCUT2D eigenvalue weighted by atomic mass is 16.1. The number of H-pyrrole nitrogens is 1. The SMILES string of the molecule is Cc1ccc2[nH]c(-c3cnc(C=O)cn3)cc2c1. The van der Waals surface area contributed by atoms with E-state index in [1.807, 2.05) is 12.1 Å². The molecule has 0 amide bonds. The minimum absolute atomic E-state index is 0.339. The van der Waals surface area contributed by atoms with Crippen molar-refractivity contribution in [2.24, 2.45) is 0 Å². The largest absolute Gasteiger partial charge is 0.353 e. The standard InChI is InChI=1S/C14H11N3O/c1-9-2-3-12-10(4-9)5-13(17-12)14-7-15-11(8-18)6-16-14/h2-8,17H,1H3. The Bertz CT molecular complexity index is 713. The van der Waals surface area contributed by atoms with Gasteiger partial charge in [0.15, 0.2) is 6.29 Å². The number of nitrogens with one attached hydrogen (secondary N) is 1. The number of hydrogen-bond acceptors (Lipinski definition) is 3. The molecule has 0 saturated carbocycles. The van der Waals surface area contributed by atoms with Gasteiger partial charge in [0.2, 0.25) is 0 Å². The molecule has 0 bridgehead atoms. The Morgan fingerprint density at radius 2 is 2.06 bits per heavy atom. The van der Waals surface area contributed by atoms with E-state index in [2.05, 4.69) is 34.0 Å². The van der Waals surface area contributed by atoms with Gasteiger partial charge in [0.05, 0.1) is 18.1 Å². The smallest absolute Gasteiger partial charge is 0.170 e. The lowest BCUT2D eigenvalue weighted by atomic mass is 10.2. The first kappa shape index (κ1) is 10.7. The van der Waals surface area contributed by atoms with Crippen molar-refractivity contribution < 1.29 is 4.79 Å². The molecule has 0 atom stereocenters. The van der Waals surface area contributed by atoms with E-state index in [-0.39, 0.29) is 0 Å². The summed E-state index contributed by atoms with van der Waals surface area (Å²) in [4.78, 5) is 22.0. The molecule has 18 heavy (non-hydrogen) atoms. The Kier molecular flexibility index (Phi) is 2.41. The number of aryl methyl sites for hydroxylation is 1. The van der Waals surface area contributed by atoms with Crippen LogP contribution >= 0.6 is 0 Å². The van der Waals surface area contributed by atoms with Crippen molar-refractivity contribution in [3.8, 4) is 11.4 Å². The van der Waals surface area contributed by atoms with Crippen molar-refractivity contribution in [3.05, 3.63) is 47.9 Å². The number of nitrogens with zero attached hydrogens (tertiary/aromatic N) is 2. The maximum absolute atomic E-state index is 10.5. The fraction of sp³-hybridized carbons (Fsp3) is 0.0714. The predicted octanol–water partition coefficient (Wildman–Crippen LogP) is 2.75. The summed E-state index contributed by atoms with van der Waals surface area (Å²) < 4.78 is 0. The van der Waals surface area contributed by atoms with Gasteiger partial charge < -0.3 is 4.98 Å². The van der Waals surface area contributed by atoms with Crippen LogP contribution in [0.2, 0.25) is 0 Å². The molecule has 3 rings (SSSR count). The van der Waals surface area contributed by atoms with Gasteiger partial charge in [-0.1, -0.05) is 11.6 Å². The van der Waals surface area contributed by atoms with Crippen LogP contribution in [0.1, 0.15) is 16.1 Å². The van der Waals surface area contributed by atoms with E-state index in [0.717, 1.165) is 22.3 Å². The lowest BCUT2D eigenvalue weighted by Crippen LogP contribution is -1.90. The maximum atomic E-state index is 10.5. The molecule has 3 aromatic rings. The number of fused-ring (bicyclic) bond motifs is 1. The van der Waals surface area contributed by atoms with Crippen molar-refractivity contribution in [1.82, 2.24) is 15.0 Å². The van der Waals surface area contributed by atoms with E-state index < -0.39 is 0 Å². The summed E-state index contributed by atoms with van der Waals surface area (Å²) in [5.41, 5.74) is 4.26. The summed E-state index contributed by atoms with van der Waals surface area (Å²) in [5.74, 6) is 0. The Balaban J connectivity index is 2.10. The van der Waals surface area contributed by atoms with E-state index in [0.29, 0.717) is 12.0 Å². The Morgan fingerprint density at radius 1 is 1.17 bits per heavy atom. The van der Waals surface area contributed by atoms with Crippen LogP contribution in [-0.2, 0) is 0 Å². The molecule has 0 unspecified atom stereocenters. The number of hydrogen-bond donors (Lipinski definition) is 1. The van der Waals surface area contributed by atoms with Gasteiger partial charge in [-0.15, -0.1) is 0 Å². The van der Waals surface area contributed by atoms with Gasteiger partial charge in [0.25, 0.3) is 0 Å². The Morgan fingerprint density at radius 3 is 2.78 bits per heavy atom.